The Labute approximate surface area is 141 Å². The predicted molar refractivity (Wildman–Crippen MR) is 87.6 cm³/mol. The topological polar surface area (TPSA) is 85.6 Å². The van der Waals surface area contributed by atoms with Crippen LogP contribution in [0.2, 0.25) is 5.02 Å². The second-order valence-electron chi connectivity index (χ2n) is 4.85. The third-order valence-electron chi connectivity index (χ3n) is 3.14. The van der Waals surface area contributed by atoms with Crippen molar-refractivity contribution < 1.29 is 4.79 Å². The molecule has 0 spiro atoms. The molecule has 0 fully saturated rings. The standard InChI is InChI=1S/C14H13ClN6OS/c1-9-12(6-10-4-2-3-5-11(10)15)23-14(17-9)18-13(22)7-21-8-16-19-20-21/h2-5,8H,6-7H2,1H3,(H,17,18,22). The van der Waals surface area contributed by atoms with Crippen LogP contribution in [0.25, 0.3) is 0 Å². The summed E-state index contributed by atoms with van der Waals surface area (Å²) in [5.74, 6) is -0.227. The normalized spacial score (nSPS) is 10.7. The van der Waals surface area contributed by atoms with Gasteiger partial charge < -0.3 is 5.32 Å². The molecule has 7 nitrogen and oxygen atoms in total. The fourth-order valence-corrected chi connectivity index (χ4v) is 3.22. The van der Waals surface area contributed by atoms with Gasteiger partial charge in [-0.25, -0.2) is 9.67 Å². The SMILES string of the molecule is Cc1nc(NC(=O)Cn2cnnn2)sc1Cc1ccccc1Cl. The first kappa shape index (κ1) is 15.6. The Hall–Kier alpha value is -2.32. The molecule has 0 unspecified atom stereocenters. The van der Waals surface area contributed by atoms with E-state index >= 15 is 0 Å². The zero-order valence-corrected chi connectivity index (χ0v) is 13.8. The highest BCUT2D eigenvalue weighted by Crippen LogP contribution is 2.27. The number of tetrazole rings is 1. The maximum Gasteiger partial charge on any atom is 0.248 e. The molecule has 3 aromatic rings. The molecule has 1 amide bonds. The molecule has 0 atom stereocenters. The summed E-state index contributed by atoms with van der Waals surface area (Å²) in [7, 11) is 0. The van der Waals surface area contributed by atoms with Crippen molar-refractivity contribution in [3.63, 3.8) is 0 Å². The minimum absolute atomic E-state index is 0.0471. The zero-order valence-electron chi connectivity index (χ0n) is 12.2. The summed E-state index contributed by atoms with van der Waals surface area (Å²) in [6, 6.07) is 7.70. The number of aromatic nitrogens is 5. The van der Waals surface area contributed by atoms with E-state index < -0.39 is 0 Å². The zero-order chi connectivity index (χ0) is 16.2. The molecule has 0 aliphatic rings. The van der Waals surface area contributed by atoms with Gasteiger partial charge in [0.1, 0.15) is 12.9 Å². The van der Waals surface area contributed by atoms with Crippen molar-refractivity contribution in [1.29, 1.82) is 0 Å². The van der Waals surface area contributed by atoms with Gasteiger partial charge in [-0.2, -0.15) is 0 Å². The summed E-state index contributed by atoms with van der Waals surface area (Å²) in [5, 5.41) is 14.7. The Morgan fingerprint density at radius 2 is 2.22 bits per heavy atom. The van der Waals surface area contributed by atoms with E-state index in [2.05, 4.69) is 25.8 Å². The van der Waals surface area contributed by atoms with Crippen LogP contribution in [-0.4, -0.2) is 31.1 Å². The second-order valence-corrected chi connectivity index (χ2v) is 6.34. The lowest BCUT2D eigenvalue weighted by Gasteiger charge is -2.02. The first-order valence-electron chi connectivity index (χ1n) is 6.82. The number of nitrogens with one attached hydrogen (secondary N) is 1. The maximum absolute atomic E-state index is 11.9. The number of nitrogens with zero attached hydrogens (tertiary/aromatic N) is 5. The average Bonchev–Trinajstić information content (AvgIpc) is 3.12. The molecule has 3 rings (SSSR count). The highest BCUT2D eigenvalue weighted by molar-refractivity contribution is 7.15. The number of aryl methyl sites for hydroxylation is 1. The first-order valence-corrected chi connectivity index (χ1v) is 8.01. The van der Waals surface area contributed by atoms with Crippen LogP contribution in [0.15, 0.2) is 30.6 Å². The summed E-state index contributed by atoms with van der Waals surface area (Å²) >= 11 is 7.63. The first-order chi connectivity index (χ1) is 11.1. The summed E-state index contributed by atoms with van der Waals surface area (Å²) in [6.07, 6.45) is 2.07. The summed E-state index contributed by atoms with van der Waals surface area (Å²) in [6.45, 7) is 1.96. The van der Waals surface area contributed by atoms with Crippen molar-refractivity contribution in [1.82, 2.24) is 25.2 Å². The fourth-order valence-electron chi connectivity index (χ4n) is 2.02. The van der Waals surface area contributed by atoms with Gasteiger partial charge in [-0.05, 0) is 29.0 Å². The lowest BCUT2D eigenvalue weighted by atomic mass is 10.1. The van der Waals surface area contributed by atoms with Crippen LogP contribution in [0.3, 0.4) is 0 Å². The molecule has 0 saturated heterocycles. The molecule has 2 aromatic heterocycles. The van der Waals surface area contributed by atoms with Gasteiger partial charge in [0.2, 0.25) is 5.91 Å². The van der Waals surface area contributed by atoms with Crippen molar-refractivity contribution >= 4 is 34.0 Å². The van der Waals surface area contributed by atoms with E-state index in [1.54, 1.807) is 0 Å². The molecule has 1 aromatic carbocycles. The Balaban J connectivity index is 1.68. The number of rotatable bonds is 5. The molecule has 118 valence electrons. The van der Waals surface area contributed by atoms with Crippen LogP contribution in [0.4, 0.5) is 5.13 Å². The number of benzene rings is 1. The molecular weight excluding hydrogens is 336 g/mol. The van der Waals surface area contributed by atoms with Gasteiger partial charge in [-0.1, -0.05) is 29.8 Å². The maximum atomic E-state index is 11.9. The van der Waals surface area contributed by atoms with Gasteiger partial charge in [0.05, 0.1) is 5.69 Å². The van der Waals surface area contributed by atoms with Crippen LogP contribution in [0.5, 0.6) is 0 Å². The molecule has 1 N–H and O–H groups in total. The van der Waals surface area contributed by atoms with Crippen LogP contribution in [-0.2, 0) is 17.8 Å². The number of hydrogen-bond donors (Lipinski definition) is 1. The van der Waals surface area contributed by atoms with Gasteiger partial charge in [0, 0.05) is 16.3 Å². The Morgan fingerprint density at radius 3 is 2.96 bits per heavy atom. The van der Waals surface area contributed by atoms with E-state index in [1.807, 2.05) is 31.2 Å². The van der Waals surface area contributed by atoms with Crippen LogP contribution < -0.4 is 5.32 Å². The molecular formula is C14H13ClN6OS. The van der Waals surface area contributed by atoms with Crippen LogP contribution >= 0.6 is 22.9 Å². The van der Waals surface area contributed by atoms with Crippen molar-refractivity contribution in [3.8, 4) is 0 Å². The summed E-state index contributed by atoms with van der Waals surface area (Å²) < 4.78 is 1.35. The van der Waals surface area contributed by atoms with E-state index in [9.17, 15) is 4.79 Å². The van der Waals surface area contributed by atoms with E-state index in [4.69, 9.17) is 11.6 Å². The van der Waals surface area contributed by atoms with E-state index in [0.29, 0.717) is 11.6 Å². The predicted octanol–water partition coefficient (Wildman–Crippen LogP) is 2.32. The number of carbonyl (C=O) groups excluding carboxylic acids is 1. The van der Waals surface area contributed by atoms with Crippen molar-refractivity contribution in [3.05, 3.63) is 51.7 Å². The molecule has 0 aliphatic carbocycles. The van der Waals surface area contributed by atoms with E-state index in [-0.39, 0.29) is 12.5 Å². The van der Waals surface area contributed by atoms with Crippen molar-refractivity contribution in [2.45, 2.75) is 19.9 Å². The van der Waals surface area contributed by atoms with Gasteiger partial charge in [0.25, 0.3) is 0 Å². The fraction of sp³-hybridized carbons (Fsp3) is 0.214. The third kappa shape index (κ3) is 3.91. The number of amides is 1. The Kier molecular flexibility index (Phi) is 4.63. The Bertz CT molecular complexity index is 817. The van der Waals surface area contributed by atoms with Crippen molar-refractivity contribution in [2.75, 3.05) is 5.32 Å². The quantitative estimate of drug-likeness (QED) is 0.764. The molecule has 0 aliphatic heterocycles. The van der Waals surface area contributed by atoms with Crippen LogP contribution in [0, 0.1) is 6.92 Å². The number of hydrogen-bond acceptors (Lipinski definition) is 6. The molecule has 0 saturated carbocycles. The monoisotopic (exact) mass is 348 g/mol. The largest absolute Gasteiger partial charge is 0.300 e. The van der Waals surface area contributed by atoms with Gasteiger partial charge in [-0.15, -0.1) is 16.4 Å². The second kappa shape index (κ2) is 6.84. The molecule has 2 heterocycles. The minimum atomic E-state index is -0.227. The van der Waals surface area contributed by atoms with E-state index in [1.165, 1.54) is 22.3 Å². The lowest BCUT2D eigenvalue weighted by Crippen LogP contribution is -2.19. The summed E-state index contributed by atoms with van der Waals surface area (Å²) in [5.41, 5.74) is 1.92. The molecule has 0 radical (unpaired) electrons. The average molecular weight is 349 g/mol. The van der Waals surface area contributed by atoms with E-state index in [0.717, 1.165) is 21.2 Å². The Morgan fingerprint density at radius 1 is 1.39 bits per heavy atom. The summed E-state index contributed by atoms with van der Waals surface area (Å²) in [4.78, 5) is 17.4. The van der Waals surface area contributed by atoms with Crippen LogP contribution in [0.1, 0.15) is 16.1 Å². The van der Waals surface area contributed by atoms with Gasteiger partial charge >= 0.3 is 0 Å². The minimum Gasteiger partial charge on any atom is -0.300 e. The number of carbonyl (C=O) groups is 1. The number of halogens is 1. The third-order valence-corrected chi connectivity index (χ3v) is 4.59. The molecule has 9 heteroatoms. The highest BCUT2D eigenvalue weighted by Gasteiger charge is 2.12. The number of anilines is 1. The molecule has 0 bridgehead atoms. The smallest absolute Gasteiger partial charge is 0.248 e. The molecule has 23 heavy (non-hydrogen) atoms. The van der Waals surface area contributed by atoms with Gasteiger partial charge in [-0.3, -0.25) is 4.79 Å². The highest BCUT2D eigenvalue weighted by atomic mass is 35.5. The lowest BCUT2D eigenvalue weighted by molar-refractivity contribution is -0.116. The number of thiazole rings is 1. The van der Waals surface area contributed by atoms with Gasteiger partial charge in [0.15, 0.2) is 5.13 Å². The van der Waals surface area contributed by atoms with Crippen molar-refractivity contribution in [2.24, 2.45) is 0 Å².